The minimum Gasteiger partial charge on any atom is -0.392 e. The van der Waals surface area contributed by atoms with E-state index in [4.69, 9.17) is 11.6 Å². The number of aliphatic hydroxyl groups excluding tert-OH is 1. The lowest BCUT2D eigenvalue weighted by atomic mass is 10.1. The van der Waals surface area contributed by atoms with Crippen LogP contribution in [0.2, 0.25) is 5.02 Å². The number of hydrogen-bond donors (Lipinski definition) is 3. The van der Waals surface area contributed by atoms with Gasteiger partial charge in [-0.25, -0.2) is 0 Å². The summed E-state index contributed by atoms with van der Waals surface area (Å²) in [6, 6.07) is 24.4. The maximum atomic E-state index is 9.56. The van der Waals surface area contributed by atoms with E-state index in [1.807, 2.05) is 36.4 Å². The second-order valence-electron chi connectivity index (χ2n) is 6.74. The molecule has 3 aromatic rings. The number of benzene rings is 3. The van der Waals surface area contributed by atoms with Gasteiger partial charge in [-0.3, -0.25) is 0 Å². The first-order valence-electron chi connectivity index (χ1n) is 9.87. The summed E-state index contributed by atoms with van der Waals surface area (Å²) in [5.74, 6) is 0. The highest BCUT2D eigenvalue weighted by Crippen LogP contribution is 2.32. The van der Waals surface area contributed by atoms with E-state index in [0.29, 0.717) is 0 Å². The van der Waals surface area contributed by atoms with Crippen LogP contribution in [0.1, 0.15) is 16.7 Å². The predicted octanol–water partition coefficient (Wildman–Crippen LogP) is 4.91. The summed E-state index contributed by atoms with van der Waals surface area (Å²) in [4.78, 5) is 2.32. The molecule has 152 valence electrons. The monoisotopic (exact) mass is 426 g/mol. The highest BCUT2D eigenvalue weighted by molar-refractivity contribution is 7.99. The third-order valence-electron chi connectivity index (χ3n) is 4.66. The van der Waals surface area contributed by atoms with Crippen LogP contribution in [0.4, 0.5) is 0 Å². The molecule has 0 aromatic heterocycles. The molecular formula is C24H27ClN2OS. The molecule has 0 bridgehead atoms. The van der Waals surface area contributed by atoms with Crippen molar-refractivity contribution in [1.29, 1.82) is 0 Å². The lowest BCUT2D eigenvalue weighted by molar-refractivity contribution is 0.279. The van der Waals surface area contributed by atoms with Gasteiger partial charge in [0.25, 0.3) is 0 Å². The molecule has 0 aliphatic carbocycles. The average molecular weight is 427 g/mol. The number of rotatable bonds is 11. The van der Waals surface area contributed by atoms with Crippen molar-refractivity contribution in [2.75, 3.05) is 19.6 Å². The number of hydrogen-bond acceptors (Lipinski definition) is 4. The zero-order valence-corrected chi connectivity index (χ0v) is 18.0. The van der Waals surface area contributed by atoms with Crippen LogP contribution in [0.5, 0.6) is 0 Å². The Kier molecular flexibility index (Phi) is 9.06. The third kappa shape index (κ3) is 6.88. The number of nitrogens with one attached hydrogen (secondary N) is 2. The maximum Gasteiger partial charge on any atom is 0.0692 e. The van der Waals surface area contributed by atoms with Gasteiger partial charge in [0.05, 0.1) is 6.61 Å². The lowest BCUT2D eigenvalue weighted by Gasteiger charge is -2.12. The van der Waals surface area contributed by atoms with Crippen LogP contribution in [-0.4, -0.2) is 24.7 Å². The van der Waals surface area contributed by atoms with Crippen LogP contribution in [0, 0.1) is 0 Å². The van der Waals surface area contributed by atoms with Gasteiger partial charge >= 0.3 is 0 Å². The normalized spacial score (nSPS) is 11.0. The Labute approximate surface area is 182 Å². The fourth-order valence-electron chi connectivity index (χ4n) is 3.05. The maximum absolute atomic E-state index is 9.56. The summed E-state index contributed by atoms with van der Waals surface area (Å²) in [5.41, 5.74) is 3.41. The molecule has 0 saturated carbocycles. The van der Waals surface area contributed by atoms with Gasteiger partial charge in [-0.15, -0.1) is 0 Å². The molecule has 3 rings (SSSR count). The van der Waals surface area contributed by atoms with E-state index in [0.717, 1.165) is 48.1 Å². The Morgan fingerprint density at radius 3 is 2.00 bits per heavy atom. The molecule has 5 heteroatoms. The summed E-state index contributed by atoms with van der Waals surface area (Å²) in [6.07, 6.45) is 0.934. The first-order valence-corrected chi connectivity index (χ1v) is 11.1. The van der Waals surface area contributed by atoms with Crippen molar-refractivity contribution in [2.24, 2.45) is 0 Å². The SMILES string of the molecule is OCc1ccccc1Sc1ccccc1CNCCNCCc1ccccc1Cl. The van der Waals surface area contributed by atoms with Crippen molar-refractivity contribution in [2.45, 2.75) is 29.4 Å². The van der Waals surface area contributed by atoms with Crippen molar-refractivity contribution >= 4 is 23.4 Å². The van der Waals surface area contributed by atoms with Crippen LogP contribution in [-0.2, 0) is 19.6 Å². The van der Waals surface area contributed by atoms with Crippen molar-refractivity contribution in [1.82, 2.24) is 10.6 Å². The Hall–Kier alpha value is -1.82. The third-order valence-corrected chi connectivity index (χ3v) is 6.26. The quantitative estimate of drug-likeness (QED) is 0.381. The molecule has 0 radical (unpaired) electrons. The van der Waals surface area contributed by atoms with E-state index < -0.39 is 0 Å². The molecule has 0 aliphatic heterocycles. The fraction of sp³-hybridized carbons (Fsp3) is 0.250. The van der Waals surface area contributed by atoms with E-state index in [-0.39, 0.29) is 6.61 Å². The molecule has 29 heavy (non-hydrogen) atoms. The summed E-state index contributed by atoms with van der Waals surface area (Å²) in [7, 11) is 0. The summed E-state index contributed by atoms with van der Waals surface area (Å²) < 4.78 is 0. The fourth-order valence-corrected chi connectivity index (χ4v) is 4.35. The van der Waals surface area contributed by atoms with Crippen LogP contribution >= 0.6 is 23.4 Å². The molecule has 3 N–H and O–H groups in total. The van der Waals surface area contributed by atoms with Gasteiger partial charge in [-0.2, -0.15) is 0 Å². The lowest BCUT2D eigenvalue weighted by Crippen LogP contribution is -2.28. The standard InChI is InChI=1S/C24H27ClN2OS/c25-22-10-4-1-7-19(22)13-14-26-15-16-27-17-20-8-2-5-11-23(20)29-24-12-6-3-9-21(24)18-28/h1-12,26-28H,13-18H2. The number of aliphatic hydroxyl groups is 1. The zero-order chi connectivity index (χ0) is 20.3. The second kappa shape index (κ2) is 12.0. The summed E-state index contributed by atoms with van der Waals surface area (Å²) in [6.45, 7) is 3.60. The van der Waals surface area contributed by atoms with Crippen LogP contribution < -0.4 is 10.6 Å². The van der Waals surface area contributed by atoms with Crippen LogP contribution in [0.3, 0.4) is 0 Å². The van der Waals surface area contributed by atoms with E-state index in [9.17, 15) is 5.11 Å². The van der Waals surface area contributed by atoms with E-state index in [2.05, 4.69) is 47.0 Å². The molecule has 3 aromatic carbocycles. The molecule has 0 spiro atoms. The molecule has 3 nitrogen and oxygen atoms in total. The van der Waals surface area contributed by atoms with Gasteiger partial charge < -0.3 is 15.7 Å². The highest BCUT2D eigenvalue weighted by Gasteiger charge is 2.07. The Morgan fingerprint density at radius 2 is 1.28 bits per heavy atom. The van der Waals surface area contributed by atoms with E-state index in [1.165, 1.54) is 16.0 Å². The highest BCUT2D eigenvalue weighted by atomic mass is 35.5. The summed E-state index contributed by atoms with van der Waals surface area (Å²) >= 11 is 7.90. The van der Waals surface area contributed by atoms with Gasteiger partial charge in [0.1, 0.15) is 0 Å². The molecule has 0 fully saturated rings. The number of halogens is 1. The zero-order valence-electron chi connectivity index (χ0n) is 16.4. The van der Waals surface area contributed by atoms with Gasteiger partial charge in [-0.05, 0) is 47.9 Å². The molecule has 0 atom stereocenters. The largest absolute Gasteiger partial charge is 0.392 e. The van der Waals surface area contributed by atoms with E-state index in [1.54, 1.807) is 11.8 Å². The smallest absolute Gasteiger partial charge is 0.0692 e. The molecule has 0 aliphatic rings. The van der Waals surface area contributed by atoms with E-state index >= 15 is 0 Å². The van der Waals surface area contributed by atoms with Gasteiger partial charge in [0.2, 0.25) is 0 Å². The van der Waals surface area contributed by atoms with Crippen molar-refractivity contribution < 1.29 is 5.11 Å². The Balaban J connectivity index is 1.42. The van der Waals surface area contributed by atoms with Gasteiger partial charge in [0, 0.05) is 34.4 Å². The first kappa shape index (κ1) is 21.9. The molecule has 0 unspecified atom stereocenters. The Morgan fingerprint density at radius 1 is 0.690 bits per heavy atom. The first-order chi connectivity index (χ1) is 14.3. The van der Waals surface area contributed by atoms with Gasteiger partial charge in [0.15, 0.2) is 0 Å². The van der Waals surface area contributed by atoms with Crippen LogP contribution in [0.15, 0.2) is 82.6 Å². The van der Waals surface area contributed by atoms with Crippen molar-refractivity contribution in [3.8, 4) is 0 Å². The second-order valence-corrected chi connectivity index (χ2v) is 8.23. The minimum atomic E-state index is 0.0590. The molecule has 0 heterocycles. The molecular weight excluding hydrogens is 400 g/mol. The molecule has 0 saturated heterocycles. The predicted molar refractivity (Wildman–Crippen MR) is 123 cm³/mol. The summed E-state index contributed by atoms with van der Waals surface area (Å²) in [5, 5.41) is 17.4. The van der Waals surface area contributed by atoms with Crippen molar-refractivity contribution in [3.05, 3.63) is 94.5 Å². The molecule has 0 amide bonds. The van der Waals surface area contributed by atoms with Gasteiger partial charge in [-0.1, -0.05) is 78.0 Å². The Bertz CT molecular complexity index is 903. The van der Waals surface area contributed by atoms with Crippen molar-refractivity contribution in [3.63, 3.8) is 0 Å². The topological polar surface area (TPSA) is 44.3 Å². The minimum absolute atomic E-state index is 0.0590. The average Bonchev–Trinajstić information content (AvgIpc) is 2.75. The van der Waals surface area contributed by atoms with Crippen LogP contribution in [0.25, 0.3) is 0 Å².